The van der Waals surface area contributed by atoms with Gasteiger partial charge in [-0.1, -0.05) is 0 Å². The number of carbonyl (C=O) groups is 1. The van der Waals surface area contributed by atoms with Gasteiger partial charge in [0.25, 0.3) is 5.69 Å². The number of hydrogen-bond donors (Lipinski definition) is 1. The van der Waals surface area contributed by atoms with Gasteiger partial charge in [0, 0.05) is 24.7 Å². The summed E-state index contributed by atoms with van der Waals surface area (Å²) < 4.78 is 0. The summed E-state index contributed by atoms with van der Waals surface area (Å²) in [5, 5.41) is 28.6. The van der Waals surface area contributed by atoms with Crippen LogP contribution in [-0.2, 0) is 0 Å². The van der Waals surface area contributed by atoms with Crippen molar-refractivity contribution < 1.29 is 14.8 Å². The molecule has 1 aliphatic rings. The lowest BCUT2D eigenvalue weighted by Crippen LogP contribution is -2.28. The monoisotopic (exact) mass is 275 g/mol. The van der Waals surface area contributed by atoms with E-state index in [9.17, 15) is 20.0 Å². The van der Waals surface area contributed by atoms with Crippen LogP contribution in [-0.4, -0.2) is 28.6 Å². The van der Waals surface area contributed by atoms with Crippen molar-refractivity contribution in [2.45, 2.75) is 25.3 Å². The molecule has 0 atom stereocenters. The Morgan fingerprint density at radius 3 is 2.75 bits per heavy atom. The normalized spacial score (nSPS) is 13.6. The van der Waals surface area contributed by atoms with Crippen LogP contribution in [0.3, 0.4) is 0 Å². The third kappa shape index (κ3) is 2.85. The molecule has 1 aromatic carbocycles. The van der Waals surface area contributed by atoms with Crippen LogP contribution in [0.15, 0.2) is 18.2 Å². The summed E-state index contributed by atoms with van der Waals surface area (Å²) >= 11 is 0. The van der Waals surface area contributed by atoms with Crippen LogP contribution in [0.25, 0.3) is 0 Å². The molecule has 0 radical (unpaired) electrons. The average molecular weight is 275 g/mol. The fourth-order valence-corrected chi connectivity index (χ4v) is 2.12. The van der Waals surface area contributed by atoms with Crippen molar-refractivity contribution in [1.82, 2.24) is 0 Å². The van der Waals surface area contributed by atoms with Crippen LogP contribution in [0.5, 0.6) is 0 Å². The van der Waals surface area contributed by atoms with E-state index >= 15 is 0 Å². The van der Waals surface area contributed by atoms with Gasteiger partial charge in [-0.15, -0.1) is 0 Å². The second-order valence-electron chi connectivity index (χ2n) is 4.60. The molecule has 0 aromatic heterocycles. The Kier molecular flexibility index (Phi) is 3.84. The number of carboxylic acids is 1. The van der Waals surface area contributed by atoms with Crippen molar-refractivity contribution in [3.8, 4) is 6.07 Å². The van der Waals surface area contributed by atoms with E-state index < -0.39 is 10.9 Å². The summed E-state index contributed by atoms with van der Waals surface area (Å²) in [5.41, 5.74) is 0.104. The van der Waals surface area contributed by atoms with E-state index in [1.807, 2.05) is 11.0 Å². The van der Waals surface area contributed by atoms with Gasteiger partial charge in [0.2, 0.25) is 0 Å². The second kappa shape index (κ2) is 5.57. The molecule has 7 heteroatoms. The Labute approximate surface area is 115 Å². The largest absolute Gasteiger partial charge is 0.478 e. The molecule has 7 nitrogen and oxygen atoms in total. The molecule has 0 heterocycles. The molecule has 0 saturated heterocycles. The lowest BCUT2D eigenvalue weighted by molar-refractivity contribution is -0.384. The smallest absolute Gasteiger partial charge is 0.338 e. The van der Waals surface area contributed by atoms with E-state index in [-0.39, 0.29) is 23.7 Å². The number of rotatable bonds is 6. The number of nitro benzene ring substituents is 1. The summed E-state index contributed by atoms with van der Waals surface area (Å²) in [6.07, 6.45) is 2.18. The van der Waals surface area contributed by atoms with Gasteiger partial charge in [0.1, 0.15) is 0 Å². The molecule has 1 N–H and O–H groups in total. The van der Waals surface area contributed by atoms with Crippen LogP contribution in [0.4, 0.5) is 11.4 Å². The van der Waals surface area contributed by atoms with Gasteiger partial charge in [-0.25, -0.2) is 4.79 Å². The van der Waals surface area contributed by atoms with Gasteiger partial charge in [0.15, 0.2) is 0 Å². The predicted molar refractivity (Wildman–Crippen MR) is 70.7 cm³/mol. The summed E-state index contributed by atoms with van der Waals surface area (Å²) in [4.78, 5) is 23.3. The molecular formula is C13H13N3O4. The first-order chi connectivity index (χ1) is 9.54. The lowest BCUT2D eigenvalue weighted by atomic mass is 10.1. The van der Waals surface area contributed by atoms with Gasteiger partial charge in [-0.05, 0) is 18.9 Å². The number of benzene rings is 1. The molecule has 20 heavy (non-hydrogen) atoms. The highest BCUT2D eigenvalue weighted by Gasteiger charge is 2.31. The fourth-order valence-electron chi connectivity index (χ4n) is 2.12. The number of nitriles is 1. The standard InChI is InChI=1S/C13H13N3O4/c14-6-1-7-15(9-2-3-9)12-5-4-10(16(19)20)8-11(12)13(17)18/h4-5,8-9H,1-3,7H2,(H,17,18). The van der Waals surface area contributed by atoms with Gasteiger partial charge in [0.05, 0.1) is 28.7 Å². The van der Waals surface area contributed by atoms with Crippen LogP contribution >= 0.6 is 0 Å². The maximum Gasteiger partial charge on any atom is 0.338 e. The summed E-state index contributed by atoms with van der Waals surface area (Å²) in [6.45, 7) is 0.430. The summed E-state index contributed by atoms with van der Waals surface area (Å²) in [7, 11) is 0. The minimum Gasteiger partial charge on any atom is -0.478 e. The molecule has 0 amide bonds. The van der Waals surface area contributed by atoms with Gasteiger partial charge < -0.3 is 10.0 Å². The topological polar surface area (TPSA) is 107 Å². The average Bonchev–Trinajstić information content (AvgIpc) is 3.23. The first kappa shape index (κ1) is 13.8. The highest BCUT2D eigenvalue weighted by molar-refractivity contribution is 5.95. The van der Waals surface area contributed by atoms with E-state index in [0.29, 0.717) is 12.2 Å². The maximum absolute atomic E-state index is 11.3. The zero-order chi connectivity index (χ0) is 14.7. The Hall–Kier alpha value is -2.62. The molecule has 104 valence electrons. The van der Waals surface area contributed by atoms with Crippen LogP contribution in [0, 0.1) is 21.4 Å². The molecule has 2 rings (SSSR count). The number of anilines is 1. The van der Waals surface area contributed by atoms with Crippen molar-refractivity contribution >= 4 is 17.3 Å². The van der Waals surface area contributed by atoms with Crippen molar-refractivity contribution in [2.24, 2.45) is 0 Å². The maximum atomic E-state index is 11.3. The van der Waals surface area contributed by atoms with Crippen molar-refractivity contribution in [3.05, 3.63) is 33.9 Å². The molecule has 1 aromatic rings. The van der Waals surface area contributed by atoms with E-state index in [4.69, 9.17) is 5.26 Å². The Balaban J connectivity index is 2.40. The van der Waals surface area contributed by atoms with Gasteiger partial charge in [-0.3, -0.25) is 10.1 Å². The molecule has 1 fully saturated rings. The SMILES string of the molecule is N#CCCN(c1ccc([N+](=O)[O-])cc1C(=O)O)C1CC1. The minimum absolute atomic E-state index is 0.0935. The van der Waals surface area contributed by atoms with E-state index in [2.05, 4.69) is 0 Å². The lowest BCUT2D eigenvalue weighted by Gasteiger charge is -2.25. The third-order valence-corrected chi connectivity index (χ3v) is 3.18. The van der Waals surface area contributed by atoms with E-state index in [1.165, 1.54) is 12.1 Å². The number of non-ortho nitro benzene ring substituents is 1. The molecule has 0 spiro atoms. The quantitative estimate of drug-likeness (QED) is 0.629. The van der Waals surface area contributed by atoms with Crippen molar-refractivity contribution in [1.29, 1.82) is 5.26 Å². The molecule has 0 aliphatic heterocycles. The number of nitro groups is 1. The first-order valence-corrected chi connectivity index (χ1v) is 6.20. The third-order valence-electron chi connectivity index (χ3n) is 3.18. The number of aromatic carboxylic acids is 1. The summed E-state index contributed by atoms with van der Waals surface area (Å²) in [6, 6.07) is 6.08. The van der Waals surface area contributed by atoms with Crippen LogP contribution in [0.1, 0.15) is 29.6 Å². The van der Waals surface area contributed by atoms with Crippen LogP contribution in [0.2, 0.25) is 0 Å². The molecule has 1 aliphatic carbocycles. The van der Waals surface area contributed by atoms with Crippen molar-refractivity contribution in [3.63, 3.8) is 0 Å². The Morgan fingerprint density at radius 2 is 2.25 bits per heavy atom. The van der Waals surface area contributed by atoms with Crippen molar-refractivity contribution in [2.75, 3.05) is 11.4 Å². The molecule has 0 unspecified atom stereocenters. The second-order valence-corrected chi connectivity index (χ2v) is 4.60. The number of nitrogens with zero attached hydrogens (tertiary/aromatic N) is 3. The Bertz CT molecular complexity index is 590. The van der Waals surface area contributed by atoms with Gasteiger partial charge in [-0.2, -0.15) is 5.26 Å². The van der Waals surface area contributed by atoms with E-state index in [1.54, 1.807) is 0 Å². The molecule has 1 saturated carbocycles. The summed E-state index contributed by atoms with van der Waals surface area (Å²) in [5.74, 6) is -1.20. The molecular weight excluding hydrogens is 262 g/mol. The van der Waals surface area contributed by atoms with Crippen LogP contribution < -0.4 is 4.90 Å². The highest BCUT2D eigenvalue weighted by Crippen LogP contribution is 2.35. The number of hydrogen-bond acceptors (Lipinski definition) is 5. The van der Waals surface area contributed by atoms with Gasteiger partial charge >= 0.3 is 5.97 Å². The number of carboxylic acid groups (broad SMARTS) is 1. The fraction of sp³-hybridized carbons (Fsp3) is 0.385. The highest BCUT2D eigenvalue weighted by atomic mass is 16.6. The predicted octanol–water partition coefficient (Wildman–Crippen LogP) is 2.18. The first-order valence-electron chi connectivity index (χ1n) is 6.20. The van der Waals surface area contributed by atoms with E-state index in [0.717, 1.165) is 18.9 Å². The Morgan fingerprint density at radius 1 is 1.55 bits per heavy atom. The zero-order valence-electron chi connectivity index (χ0n) is 10.7. The molecule has 0 bridgehead atoms. The zero-order valence-corrected chi connectivity index (χ0v) is 10.7. The minimum atomic E-state index is -1.20.